The van der Waals surface area contributed by atoms with Crippen molar-refractivity contribution in [3.05, 3.63) is 12.2 Å². The molecule has 2 aliphatic rings. The third kappa shape index (κ3) is 0.817. The molecule has 3 unspecified atom stereocenters. The quantitative estimate of drug-likeness (QED) is 0.560. The summed E-state index contributed by atoms with van der Waals surface area (Å²) in [5.41, 5.74) is 5.39. The number of hydrogen-bond donors (Lipinski definition) is 1. The number of nitrogens with two attached hydrogens (primary N) is 1. The Hall–Kier alpha value is -0.790. The third-order valence-corrected chi connectivity index (χ3v) is 3.13. The van der Waals surface area contributed by atoms with Crippen LogP contribution in [0.15, 0.2) is 12.2 Å². The lowest BCUT2D eigenvalue weighted by Gasteiger charge is -2.24. The second kappa shape index (κ2) is 1.87. The minimum absolute atomic E-state index is 0.0938. The number of carbonyl (C=O) groups excluding carboxylic acids is 1. The normalized spacial score (nSPS) is 46.6. The Labute approximate surface area is 66.5 Å². The average molecular weight is 151 g/mol. The van der Waals surface area contributed by atoms with E-state index in [9.17, 15) is 4.79 Å². The summed E-state index contributed by atoms with van der Waals surface area (Å²) in [5, 5.41) is 0. The summed E-state index contributed by atoms with van der Waals surface area (Å²) in [7, 11) is 0. The highest BCUT2D eigenvalue weighted by atomic mass is 16.1. The van der Waals surface area contributed by atoms with Crippen molar-refractivity contribution >= 4 is 5.91 Å². The molecule has 2 rings (SSSR count). The first-order chi connectivity index (χ1) is 5.12. The zero-order chi connectivity index (χ0) is 8.06. The number of rotatable bonds is 1. The molecule has 1 fully saturated rings. The van der Waals surface area contributed by atoms with Crippen molar-refractivity contribution in [2.45, 2.75) is 19.8 Å². The maximum Gasteiger partial charge on any atom is 0.221 e. The zero-order valence-corrected chi connectivity index (χ0v) is 6.71. The van der Waals surface area contributed by atoms with Gasteiger partial charge in [-0.2, -0.15) is 0 Å². The first kappa shape index (κ1) is 6.89. The standard InChI is InChI=1S/C9H13NO/c1-9-3-2-6(5-9)4-7(9)8(10)11/h2-3,6-7H,4-5H2,1H3,(H2,10,11). The Kier molecular flexibility index (Phi) is 1.17. The van der Waals surface area contributed by atoms with E-state index in [1.54, 1.807) is 0 Å². The van der Waals surface area contributed by atoms with E-state index >= 15 is 0 Å². The molecule has 60 valence electrons. The molecule has 0 heterocycles. The van der Waals surface area contributed by atoms with Crippen LogP contribution in [0.2, 0.25) is 0 Å². The SMILES string of the molecule is CC12C=CC(CC1C(N)=O)C2. The number of primary amides is 1. The van der Waals surface area contributed by atoms with Crippen LogP contribution < -0.4 is 5.73 Å². The molecule has 0 spiro atoms. The summed E-state index contributed by atoms with van der Waals surface area (Å²) in [5.74, 6) is 0.592. The maximum absolute atomic E-state index is 11.0. The van der Waals surface area contributed by atoms with Gasteiger partial charge in [0.2, 0.25) is 5.91 Å². The number of allylic oxidation sites excluding steroid dienone is 2. The van der Waals surface area contributed by atoms with Crippen LogP contribution in [0, 0.1) is 17.3 Å². The Balaban J connectivity index is 2.29. The fourth-order valence-electron chi connectivity index (χ4n) is 2.49. The predicted molar refractivity (Wildman–Crippen MR) is 42.7 cm³/mol. The Morgan fingerprint density at radius 3 is 2.73 bits per heavy atom. The van der Waals surface area contributed by atoms with Gasteiger partial charge in [-0.25, -0.2) is 0 Å². The smallest absolute Gasteiger partial charge is 0.221 e. The van der Waals surface area contributed by atoms with Crippen molar-refractivity contribution in [1.29, 1.82) is 0 Å². The monoisotopic (exact) mass is 151 g/mol. The van der Waals surface area contributed by atoms with E-state index in [-0.39, 0.29) is 17.2 Å². The Morgan fingerprint density at radius 1 is 1.73 bits per heavy atom. The van der Waals surface area contributed by atoms with E-state index < -0.39 is 0 Å². The molecule has 0 radical (unpaired) electrons. The van der Waals surface area contributed by atoms with Gasteiger partial charge < -0.3 is 5.73 Å². The summed E-state index contributed by atoms with van der Waals surface area (Å²) in [6, 6.07) is 0. The van der Waals surface area contributed by atoms with Crippen LogP contribution in [0.3, 0.4) is 0 Å². The first-order valence-corrected chi connectivity index (χ1v) is 4.10. The van der Waals surface area contributed by atoms with Crippen molar-refractivity contribution in [3.63, 3.8) is 0 Å². The van der Waals surface area contributed by atoms with E-state index in [1.807, 2.05) is 0 Å². The van der Waals surface area contributed by atoms with Crippen LogP contribution in [0.25, 0.3) is 0 Å². The molecule has 2 N–H and O–H groups in total. The average Bonchev–Trinajstić information content (AvgIpc) is 2.41. The van der Waals surface area contributed by atoms with Crippen LogP contribution in [0.5, 0.6) is 0 Å². The van der Waals surface area contributed by atoms with E-state index in [1.165, 1.54) is 0 Å². The third-order valence-electron chi connectivity index (χ3n) is 3.13. The summed E-state index contributed by atoms with van der Waals surface area (Å²) in [6.07, 6.45) is 6.49. The summed E-state index contributed by atoms with van der Waals surface area (Å²) < 4.78 is 0. The fourth-order valence-corrected chi connectivity index (χ4v) is 2.49. The molecular formula is C9H13NO. The van der Waals surface area contributed by atoms with Gasteiger partial charge in [0.05, 0.1) is 0 Å². The highest BCUT2D eigenvalue weighted by Gasteiger charge is 2.47. The van der Waals surface area contributed by atoms with Gasteiger partial charge in [-0.15, -0.1) is 0 Å². The van der Waals surface area contributed by atoms with Crippen molar-refractivity contribution in [2.75, 3.05) is 0 Å². The fraction of sp³-hybridized carbons (Fsp3) is 0.667. The Morgan fingerprint density at radius 2 is 2.45 bits per heavy atom. The molecule has 2 aliphatic carbocycles. The highest BCUT2D eigenvalue weighted by molar-refractivity contribution is 5.78. The first-order valence-electron chi connectivity index (χ1n) is 4.10. The topological polar surface area (TPSA) is 43.1 Å². The molecular weight excluding hydrogens is 138 g/mol. The van der Waals surface area contributed by atoms with Crippen molar-refractivity contribution in [2.24, 2.45) is 23.0 Å². The van der Waals surface area contributed by atoms with Crippen LogP contribution in [-0.4, -0.2) is 5.91 Å². The molecule has 2 nitrogen and oxygen atoms in total. The lowest BCUT2D eigenvalue weighted by molar-refractivity contribution is -0.123. The molecule has 0 saturated heterocycles. The number of fused-ring (bicyclic) bond motifs is 2. The molecule has 0 aromatic rings. The van der Waals surface area contributed by atoms with Gasteiger partial charge in [0.25, 0.3) is 0 Å². The molecule has 2 bridgehead atoms. The van der Waals surface area contributed by atoms with E-state index in [4.69, 9.17) is 5.73 Å². The van der Waals surface area contributed by atoms with Gasteiger partial charge >= 0.3 is 0 Å². The number of carbonyl (C=O) groups is 1. The van der Waals surface area contributed by atoms with Gasteiger partial charge in [-0.3, -0.25) is 4.79 Å². The van der Waals surface area contributed by atoms with Crippen molar-refractivity contribution < 1.29 is 4.79 Å². The lowest BCUT2D eigenvalue weighted by Crippen LogP contribution is -2.32. The van der Waals surface area contributed by atoms with Crippen molar-refractivity contribution in [3.8, 4) is 0 Å². The molecule has 1 saturated carbocycles. The second-order valence-electron chi connectivity index (χ2n) is 4.02. The van der Waals surface area contributed by atoms with Gasteiger partial charge in [0.15, 0.2) is 0 Å². The van der Waals surface area contributed by atoms with E-state index in [0.29, 0.717) is 5.92 Å². The minimum Gasteiger partial charge on any atom is -0.369 e. The number of amides is 1. The van der Waals surface area contributed by atoms with Gasteiger partial charge in [-0.1, -0.05) is 19.1 Å². The van der Waals surface area contributed by atoms with Crippen LogP contribution in [0.4, 0.5) is 0 Å². The van der Waals surface area contributed by atoms with Crippen LogP contribution in [0.1, 0.15) is 19.8 Å². The number of hydrogen-bond acceptors (Lipinski definition) is 1. The molecule has 0 aliphatic heterocycles. The Bertz CT molecular complexity index is 234. The molecule has 3 atom stereocenters. The van der Waals surface area contributed by atoms with Gasteiger partial charge in [0.1, 0.15) is 0 Å². The lowest BCUT2D eigenvalue weighted by atomic mass is 9.79. The largest absolute Gasteiger partial charge is 0.369 e. The predicted octanol–water partition coefficient (Wildman–Crippen LogP) is 1.07. The molecule has 0 aromatic carbocycles. The van der Waals surface area contributed by atoms with Crippen molar-refractivity contribution in [1.82, 2.24) is 0 Å². The molecule has 0 aromatic heterocycles. The molecule has 1 amide bonds. The summed E-state index contributed by atoms with van der Waals surface area (Å²) >= 11 is 0. The molecule has 11 heavy (non-hydrogen) atoms. The van der Waals surface area contributed by atoms with E-state index in [0.717, 1.165) is 12.8 Å². The summed E-state index contributed by atoms with van der Waals surface area (Å²) in [6.45, 7) is 2.13. The minimum atomic E-state index is -0.126. The summed E-state index contributed by atoms with van der Waals surface area (Å²) in [4.78, 5) is 11.0. The van der Waals surface area contributed by atoms with Gasteiger partial charge in [-0.05, 0) is 24.2 Å². The van der Waals surface area contributed by atoms with E-state index in [2.05, 4.69) is 19.1 Å². The molecule has 2 heteroatoms. The van der Waals surface area contributed by atoms with Crippen LogP contribution >= 0.6 is 0 Å². The highest BCUT2D eigenvalue weighted by Crippen LogP contribution is 2.52. The maximum atomic E-state index is 11.0. The van der Waals surface area contributed by atoms with Crippen LogP contribution in [-0.2, 0) is 4.79 Å². The second-order valence-corrected chi connectivity index (χ2v) is 4.02. The van der Waals surface area contributed by atoms with Gasteiger partial charge in [0, 0.05) is 5.92 Å². The zero-order valence-electron chi connectivity index (χ0n) is 6.71.